The Morgan fingerprint density at radius 3 is 2.93 bits per heavy atom. The molecule has 0 aromatic rings. The number of amides is 1. The minimum absolute atomic E-state index is 0.0241. The summed E-state index contributed by atoms with van der Waals surface area (Å²) in [6, 6.07) is 0.120. The second-order valence-electron chi connectivity index (χ2n) is 3.62. The molecule has 78 valence electrons. The third-order valence-corrected chi connectivity index (χ3v) is 2.53. The number of hydrogen-bond donors (Lipinski definition) is 1. The molecule has 2 N–H and O–H groups in total. The van der Waals surface area contributed by atoms with Gasteiger partial charge in [-0.05, 0) is 7.05 Å². The van der Waals surface area contributed by atoms with Crippen molar-refractivity contribution < 1.29 is 4.79 Å². The first-order chi connectivity index (χ1) is 6.69. The Balaban J connectivity index is 2.59. The van der Waals surface area contributed by atoms with Crippen LogP contribution in [-0.2, 0) is 4.79 Å². The molecule has 0 radical (unpaired) electrons. The van der Waals surface area contributed by atoms with Crippen LogP contribution < -0.4 is 5.73 Å². The van der Waals surface area contributed by atoms with Crippen molar-refractivity contribution in [2.24, 2.45) is 5.73 Å². The lowest BCUT2D eigenvalue weighted by Crippen LogP contribution is -2.56. The maximum absolute atomic E-state index is 11.6. The van der Waals surface area contributed by atoms with Crippen LogP contribution in [0.15, 0.2) is 0 Å². The van der Waals surface area contributed by atoms with E-state index in [2.05, 4.69) is 10.8 Å². The summed E-state index contributed by atoms with van der Waals surface area (Å²) in [7, 11) is 2.03. The fraction of sp³-hybridized carbons (Fsp3) is 0.700. The molecule has 0 spiro atoms. The van der Waals surface area contributed by atoms with E-state index in [1.54, 1.807) is 4.90 Å². The smallest absolute Gasteiger partial charge is 0.234 e. The van der Waals surface area contributed by atoms with Gasteiger partial charge in [0.05, 0.1) is 12.5 Å². The number of nitrogens with two attached hydrogens (primary N) is 1. The third kappa shape index (κ3) is 2.47. The topological polar surface area (TPSA) is 49.6 Å². The van der Waals surface area contributed by atoms with E-state index in [1.807, 2.05) is 7.05 Å². The van der Waals surface area contributed by atoms with E-state index >= 15 is 0 Å². The predicted octanol–water partition coefficient (Wildman–Crippen LogP) is -0.889. The van der Waals surface area contributed by atoms with E-state index in [0.717, 1.165) is 19.6 Å². The van der Waals surface area contributed by atoms with Crippen LogP contribution in [0.4, 0.5) is 0 Å². The molecule has 1 aliphatic rings. The quantitative estimate of drug-likeness (QED) is 0.582. The average molecular weight is 195 g/mol. The second-order valence-corrected chi connectivity index (χ2v) is 3.62. The van der Waals surface area contributed by atoms with Gasteiger partial charge in [-0.25, -0.2) is 0 Å². The van der Waals surface area contributed by atoms with Gasteiger partial charge in [0.2, 0.25) is 5.91 Å². The summed E-state index contributed by atoms with van der Waals surface area (Å²) < 4.78 is 0. The van der Waals surface area contributed by atoms with Crippen LogP contribution in [-0.4, -0.2) is 55.0 Å². The van der Waals surface area contributed by atoms with Crippen molar-refractivity contribution in [3.05, 3.63) is 0 Å². The molecule has 0 aromatic carbocycles. The van der Waals surface area contributed by atoms with Crippen molar-refractivity contribution >= 4 is 5.91 Å². The highest BCUT2D eigenvalue weighted by Gasteiger charge is 2.26. The molecule has 1 rings (SSSR count). The highest BCUT2D eigenvalue weighted by Crippen LogP contribution is 2.08. The number of nitrogens with zero attached hydrogens (tertiary/aromatic N) is 2. The lowest BCUT2D eigenvalue weighted by atomic mass is 10.1. The van der Waals surface area contributed by atoms with Gasteiger partial charge in [-0.1, -0.05) is 5.92 Å². The predicted molar refractivity (Wildman–Crippen MR) is 55.5 cm³/mol. The number of likely N-dealkylation sites (N-methyl/N-ethyl adjacent to an activating group) is 1. The first kappa shape index (κ1) is 11.0. The van der Waals surface area contributed by atoms with E-state index in [4.69, 9.17) is 12.2 Å². The molecule has 1 unspecified atom stereocenters. The molecular weight excluding hydrogens is 178 g/mol. The van der Waals surface area contributed by atoms with Gasteiger partial charge in [0.15, 0.2) is 0 Å². The van der Waals surface area contributed by atoms with Crippen LogP contribution >= 0.6 is 0 Å². The summed E-state index contributed by atoms with van der Waals surface area (Å²) in [5.41, 5.74) is 5.62. The molecule has 1 aliphatic heterocycles. The largest absolute Gasteiger partial charge is 0.335 e. The summed E-state index contributed by atoms with van der Waals surface area (Å²) in [5.74, 6) is 2.40. The number of rotatable bonds is 2. The summed E-state index contributed by atoms with van der Waals surface area (Å²) in [6.07, 6.45) is 5.29. The van der Waals surface area contributed by atoms with Gasteiger partial charge in [0, 0.05) is 26.2 Å². The Hall–Kier alpha value is -1.05. The van der Waals surface area contributed by atoms with Crippen LogP contribution in [0, 0.1) is 12.3 Å². The van der Waals surface area contributed by atoms with Crippen molar-refractivity contribution in [1.82, 2.24) is 9.80 Å². The summed E-state index contributed by atoms with van der Waals surface area (Å²) >= 11 is 0. The van der Waals surface area contributed by atoms with Crippen LogP contribution in [0.5, 0.6) is 0 Å². The molecule has 1 fully saturated rings. The third-order valence-electron chi connectivity index (χ3n) is 2.53. The van der Waals surface area contributed by atoms with Gasteiger partial charge in [-0.3, -0.25) is 4.79 Å². The van der Waals surface area contributed by atoms with Crippen molar-refractivity contribution in [2.45, 2.75) is 12.5 Å². The molecule has 1 saturated heterocycles. The Morgan fingerprint density at radius 2 is 2.36 bits per heavy atom. The van der Waals surface area contributed by atoms with Crippen molar-refractivity contribution in [2.75, 3.05) is 33.2 Å². The first-order valence-corrected chi connectivity index (χ1v) is 4.80. The lowest BCUT2D eigenvalue weighted by molar-refractivity contribution is -0.134. The number of carbonyl (C=O) groups excluding carboxylic acids is 1. The molecule has 1 heterocycles. The molecule has 14 heavy (non-hydrogen) atoms. The standard InChI is InChI=1S/C10H17N3O/c1-3-4-10(14)13-6-5-12(2)8-9(13)7-11/h1,9H,4-8,11H2,2H3. The lowest BCUT2D eigenvalue weighted by Gasteiger charge is -2.39. The van der Waals surface area contributed by atoms with E-state index in [0.29, 0.717) is 6.54 Å². The van der Waals surface area contributed by atoms with Crippen molar-refractivity contribution in [1.29, 1.82) is 0 Å². The van der Waals surface area contributed by atoms with Gasteiger partial charge in [0.25, 0.3) is 0 Å². The molecule has 4 nitrogen and oxygen atoms in total. The Bertz CT molecular complexity index is 246. The van der Waals surface area contributed by atoms with E-state index in [9.17, 15) is 4.79 Å². The first-order valence-electron chi connectivity index (χ1n) is 4.80. The van der Waals surface area contributed by atoms with E-state index in [-0.39, 0.29) is 18.4 Å². The van der Waals surface area contributed by atoms with Crippen LogP contribution in [0.25, 0.3) is 0 Å². The SMILES string of the molecule is C#CCC(=O)N1CCN(C)CC1CN. The monoisotopic (exact) mass is 195 g/mol. The number of terminal acetylenes is 1. The van der Waals surface area contributed by atoms with Crippen molar-refractivity contribution in [3.63, 3.8) is 0 Å². The fourth-order valence-corrected chi connectivity index (χ4v) is 1.73. The zero-order valence-electron chi connectivity index (χ0n) is 8.57. The number of piperazine rings is 1. The average Bonchev–Trinajstić information content (AvgIpc) is 2.17. The maximum Gasteiger partial charge on any atom is 0.234 e. The zero-order valence-corrected chi connectivity index (χ0v) is 8.57. The molecule has 0 aliphatic carbocycles. The van der Waals surface area contributed by atoms with Crippen LogP contribution in [0.2, 0.25) is 0 Å². The Labute approximate surface area is 85.0 Å². The van der Waals surface area contributed by atoms with Crippen molar-refractivity contribution in [3.8, 4) is 12.3 Å². The molecule has 1 atom stereocenters. The normalized spacial score (nSPS) is 23.2. The molecule has 4 heteroatoms. The Morgan fingerprint density at radius 1 is 1.64 bits per heavy atom. The summed E-state index contributed by atoms with van der Waals surface area (Å²) in [6.45, 7) is 2.97. The molecule has 0 saturated carbocycles. The highest BCUT2D eigenvalue weighted by atomic mass is 16.2. The van der Waals surface area contributed by atoms with Gasteiger partial charge in [-0.2, -0.15) is 0 Å². The summed E-state index contributed by atoms with van der Waals surface area (Å²) in [4.78, 5) is 15.6. The van der Waals surface area contributed by atoms with Gasteiger partial charge in [-0.15, -0.1) is 6.42 Å². The minimum atomic E-state index is 0.0241. The molecular formula is C10H17N3O. The fourth-order valence-electron chi connectivity index (χ4n) is 1.73. The van der Waals surface area contributed by atoms with Crippen LogP contribution in [0.1, 0.15) is 6.42 Å². The number of hydrogen-bond acceptors (Lipinski definition) is 3. The number of carbonyl (C=O) groups is 1. The van der Waals surface area contributed by atoms with Gasteiger partial charge in [0.1, 0.15) is 0 Å². The Kier molecular flexibility index (Phi) is 3.93. The maximum atomic E-state index is 11.6. The van der Waals surface area contributed by atoms with E-state index in [1.165, 1.54) is 0 Å². The van der Waals surface area contributed by atoms with Gasteiger partial charge >= 0.3 is 0 Å². The molecule has 0 bridgehead atoms. The van der Waals surface area contributed by atoms with Gasteiger partial charge < -0.3 is 15.5 Å². The van der Waals surface area contributed by atoms with E-state index < -0.39 is 0 Å². The second kappa shape index (κ2) is 4.99. The summed E-state index contributed by atoms with van der Waals surface area (Å²) in [5, 5.41) is 0. The molecule has 1 amide bonds. The molecule has 0 aromatic heterocycles. The zero-order chi connectivity index (χ0) is 10.6. The van der Waals surface area contributed by atoms with Crippen LogP contribution in [0.3, 0.4) is 0 Å². The highest BCUT2D eigenvalue weighted by molar-refractivity contribution is 5.79. The minimum Gasteiger partial charge on any atom is -0.335 e.